The van der Waals surface area contributed by atoms with Crippen LogP contribution in [0.1, 0.15) is 72.4 Å². The van der Waals surface area contributed by atoms with Crippen LogP contribution >= 0.6 is 19.2 Å². The maximum Gasteiger partial charge on any atom is 0.356 e. The molecule has 3 fully saturated rings. The molecule has 5 rings (SSSR count). The van der Waals surface area contributed by atoms with Gasteiger partial charge < -0.3 is 33.3 Å². The van der Waals surface area contributed by atoms with E-state index in [1.807, 2.05) is 0 Å². The van der Waals surface area contributed by atoms with E-state index < -0.39 is 31.8 Å². The molecule has 2 aromatic heterocycles. The molecule has 0 unspecified atom stereocenters. The summed E-state index contributed by atoms with van der Waals surface area (Å²) in [6, 6.07) is 0. The van der Waals surface area contributed by atoms with Crippen LogP contribution in [0.15, 0.2) is 6.20 Å². The molecule has 0 bridgehead atoms. The lowest BCUT2D eigenvalue weighted by Crippen LogP contribution is -2.57. The Balaban J connectivity index is 1.32. The third kappa shape index (κ3) is 6.65. The van der Waals surface area contributed by atoms with Crippen LogP contribution in [0.4, 0.5) is 5.82 Å². The zero-order valence-corrected chi connectivity index (χ0v) is 25.4. The van der Waals surface area contributed by atoms with E-state index in [1.165, 1.54) is 32.1 Å². The van der Waals surface area contributed by atoms with Gasteiger partial charge in [0.1, 0.15) is 18.3 Å². The summed E-state index contributed by atoms with van der Waals surface area (Å²) in [4.78, 5) is 11.3. The first-order valence-electron chi connectivity index (χ1n) is 14.2. The average molecular weight is 602 g/mol. The third-order valence-corrected chi connectivity index (χ3v) is 9.72. The molecule has 1 N–H and O–H groups in total. The SMILES string of the molecule is CCOP(=O)(COC[C@H]1O[C@@H](n2ncc3c(N4CC5(CCCCC5)C4)nc(Cl)nc32)C[C@@H]1OC(C)(C)O)OCC. The zero-order chi connectivity index (χ0) is 28.5. The molecule has 40 heavy (non-hydrogen) atoms. The summed E-state index contributed by atoms with van der Waals surface area (Å²) in [5.41, 5.74) is 0.959. The van der Waals surface area contributed by atoms with Crippen molar-refractivity contribution in [2.75, 3.05) is 44.2 Å². The van der Waals surface area contributed by atoms with Crippen LogP contribution in [0, 0.1) is 5.41 Å². The maximum atomic E-state index is 12.8. The fraction of sp³-hybridized carbons (Fsp3) is 0.808. The standard InChI is InChI=1S/C26H41ClN5O7P/c1-5-36-40(34,37-6-2)17-35-14-20-19(39-25(3,4)33)12-21(38-20)32-23-18(13-28-32)22(29-24(27)30-23)31-15-26(16-31)10-8-7-9-11-26/h13,19-21,33H,5-12,14-17H2,1-4H3/t19-,20+,21+/m0/s1. The minimum Gasteiger partial charge on any atom is -0.366 e. The largest absolute Gasteiger partial charge is 0.366 e. The molecule has 12 nitrogen and oxygen atoms in total. The van der Waals surface area contributed by atoms with Gasteiger partial charge in [-0.05, 0) is 52.1 Å². The molecule has 224 valence electrons. The summed E-state index contributed by atoms with van der Waals surface area (Å²) in [6.45, 7) is 9.08. The zero-order valence-electron chi connectivity index (χ0n) is 23.8. The number of aromatic nitrogens is 4. The number of fused-ring (bicyclic) bond motifs is 1. The van der Waals surface area contributed by atoms with E-state index >= 15 is 0 Å². The number of halogens is 1. The Bertz CT molecular complexity index is 1200. The molecule has 1 saturated carbocycles. The molecule has 14 heteroatoms. The summed E-state index contributed by atoms with van der Waals surface area (Å²) in [6.07, 6.45) is 6.69. The summed E-state index contributed by atoms with van der Waals surface area (Å²) in [5.74, 6) is -0.605. The van der Waals surface area contributed by atoms with Gasteiger partial charge in [0.25, 0.3) is 0 Å². The summed E-state index contributed by atoms with van der Waals surface area (Å²) in [5, 5.41) is 16.0. The molecule has 4 heterocycles. The maximum absolute atomic E-state index is 12.8. The highest BCUT2D eigenvalue weighted by atomic mass is 35.5. The Hall–Kier alpha value is -1.37. The normalized spacial score (nSPS) is 25.1. The Kier molecular flexibility index (Phi) is 9.10. The van der Waals surface area contributed by atoms with Crippen LogP contribution in [0.2, 0.25) is 5.28 Å². The number of nitrogens with zero attached hydrogens (tertiary/aromatic N) is 5. The molecule has 3 aliphatic rings. The smallest absolute Gasteiger partial charge is 0.356 e. The van der Waals surface area contributed by atoms with Gasteiger partial charge in [0.05, 0.1) is 37.5 Å². The molecule has 3 atom stereocenters. The third-order valence-electron chi connectivity index (χ3n) is 7.75. The summed E-state index contributed by atoms with van der Waals surface area (Å²) >= 11 is 6.41. The summed E-state index contributed by atoms with van der Waals surface area (Å²) in [7, 11) is -3.39. The number of anilines is 1. The minimum atomic E-state index is -3.39. The number of hydrogen-bond donors (Lipinski definition) is 1. The van der Waals surface area contributed by atoms with Gasteiger partial charge in [-0.2, -0.15) is 15.1 Å². The Morgan fingerprint density at radius 1 is 1.18 bits per heavy atom. The second-order valence-electron chi connectivity index (χ2n) is 11.5. The van der Waals surface area contributed by atoms with Crippen LogP contribution in [-0.4, -0.2) is 82.1 Å². The average Bonchev–Trinajstić information content (AvgIpc) is 3.45. The molecular formula is C26H41ClN5O7P. The van der Waals surface area contributed by atoms with Crippen molar-refractivity contribution in [3.63, 3.8) is 0 Å². The predicted molar refractivity (Wildman–Crippen MR) is 149 cm³/mol. The number of ether oxygens (including phenoxy) is 3. The Labute approximate surface area is 240 Å². The second-order valence-corrected chi connectivity index (χ2v) is 13.8. The van der Waals surface area contributed by atoms with E-state index in [1.54, 1.807) is 38.6 Å². The predicted octanol–water partition coefficient (Wildman–Crippen LogP) is 4.89. The number of hydrogen-bond acceptors (Lipinski definition) is 11. The summed E-state index contributed by atoms with van der Waals surface area (Å²) < 4.78 is 43.1. The lowest BCUT2D eigenvalue weighted by molar-refractivity contribution is -0.218. The van der Waals surface area contributed by atoms with E-state index in [9.17, 15) is 9.67 Å². The van der Waals surface area contributed by atoms with E-state index in [-0.39, 0.29) is 31.5 Å². The lowest BCUT2D eigenvalue weighted by Gasteiger charge is -2.53. The first-order chi connectivity index (χ1) is 19.0. The first kappa shape index (κ1) is 30.1. The highest BCUT2D eigenvalue weighted by molar-refractivity contribution is 7.53. The van der Waals surface area contributed by atoms with Crippen molar-refractivity contribution in [1.82, 2.24) is 19.7 Å². The number of rotatable bonds is 12. The van der Waals surface area contributed by atoms with Crippen molar-refractivity contribution in [1.29, 1.82) is 0 Å². The van der Waals surface area contributed by atoms with Gasteiger partial charge in [-0.3, -0.25) is 4.57 Å². The van der Waals surface area contributed by atoms with E-state index in [2.05, 4.69) is 20.0 Å². The Morgan fingerprint density at radius 2 is 1.88 bits per heavy atom. The van der Waals surface area contributed by atoms with Crippen molar-refractivity contribution in [2.24, 2.45) is 5.41 Å². The molecule has 2 aromatic rings. The fourth-order valence-corrected chi connectivity index (χ4v) is 7.65. The highest BCUT2D eigenvalue weighted by Crippen LogP contribution is 2.48. The Morgan fingerprint density at radius 3 is 2.52 bits per heavy atom. The molecule has 0 amide bonds. The van der Waals surface area contributed by atoms with Gasteiger partial charge in [0, 0.05) is 24.9 Å². The molecular weight excluding hydrogens is 561 g/mol. The fourth-order valence-electron chi connectivity index (χ4n) is 6.15. The van der Waals surface area contributed by atoms with Gasteiger partial charge in [0.2, 0.25) is 5.28 Å². The number of aliphatic hydroxyl groups is 1. The molecule has 0 radical (unpaired) electrons. The van der Waals surface area contributed by atoms with Crippen LogP contribution in [-0.2, 0) is 27.8 Å². The van der Waals surface area contributed by atoms with Crippen molar-refractivity contribution in [3.05, 3.63) is 11.5 Å². The molecule has 0 aromatic carbocycles. The van der Waals surface area contributed by atoms with Crippen molar-refractivity contribution >= 4 is 36.0 Å². The van der Waals surface area contributed by atoms with Gasteiger partial charge in [-0.15, -0.1) is 0 Å². The lowest BCUT2D eigenvalue weighted by atomic mass is 9.68. The molecule has 2 saturated heterocycles. The van der Waals surface area contributed by atoms with Crippen molar-refractivity contribution in [2.45, 2.75) is 90.4 Å². The van der Waals surface area contributed by atoms with Crippen molar-refractivity contribution in [3.8, 4) is 0 Å². The van der Waals surface area contributed by atoms with E-state index in [4.69, 9.17) is 34.9 Å². The van der Waals surface area contributed by atoms with Crippen LogP contribution in [0.5, 0.6) is 0 Å². The van der Waals surface area contributed by atoms with Crippen LogP contribution in [0.25, 0.3) is 11.0 Å². The van der Waals surface area contributed by atoms with Crippen LogP contribution < -0.4 is 4.90 Å². The second kappa shape index (κ2) is 12.1. The minimum absolute atomic E-state index is 0.0530. The van der Waals surface area contributed by atoms with Gasteiger partial charge in [0.15, 0.2) is 17.7 Å². The van der Waals surface area contributed by atoms with E-state index in [0.29, 0.717) is 17.5 Å². The van der Waals surface area contributed by atoms with E-state index in [0.717, 1.165) is 24.3 Å². The van der Waals surface area contributed by atoms with Crippen molar-refractivity contribution < 1.29 is 32.9 Å². The quantitative estimate of drug-likeness (QED) is 0.203. The highest BCUT2D eigenvalue weighted by Gasteiger charge is 2.45. The molecule has 1 aliphatic carbocycles. The van der Waals surface area contributed by atoms with Gasteiger partial charge >= 0.3 is 7.60 Å². The van der Waals surface area contributed by atoms with Crippen LogP contribution in [0.3, 0.4) is 0 Å². The van der Waals surface area contributed by atoms with Gasteiger partial charge in [-0.1, -0.05) is 19.3 Å². The molecule has 1 spiro atoms. The van der Waals surface area contributed by atoms with Gasteiger partial charge in [-0.25, -0.2) is 4.68 Å². The first-order valence-corrected chi connectivity index (χ1v) is 16.3. The molecule has 2 aliphatic heterocycles. The topological polar surface area (TPSA) is 130 Å². The monoisotopic (exact) mass is 601 g/mol.